The van der Waals surface area contributed by atoms with Crippen LogP contribution in [0.3, 0.4) is 0 Å². The first-order valence-corrected chi connectivity index (χ1v) is 10.6. The summed E-state index contributed by atoms with van der Waals surface area (Å²) in [6.07, 6.45) is 3.05. The smallest absolute Gasteiger partial charge is 0.254 e. The number of pyridine rings is 1. The van der Waals surface area contributed by atoms with E-state index in [4.69, 9.17) is 11.6 Å². The molecule has 1 aromatic carbocycles. The van der Waals surface area contributed by atoms with E-state index in [0.29, 0.717) is 23.7 Å². The normalized spacial score (nSPS) is 16.6. The third kappa shape index (κ3) is 4.40. The Balaban J connectivity index is 1.81. The molecule has 1 aliphatic rings. The number of rotatable bonds is 6. The quantitative estimate of drug-likeness (QED) is 0.769. The van der Waals surface area contributed by atoms with Crippen LogP contribution in [0.15, 0.2) is 46.2 Å². The van der Waals surface area contributed by atoms with E-state index in [1.165, 1.54) is 39.3 Å². The molecule has 6 nitrogen and oxygen atoms in total. The minimum atomic E-state index is -3.60. The molecule has 0 spiro atoms. The second-order valence-electron chi connectivity index (χ2n) is 6.78. The number of halogens is 2. The SMILES string of the molecule is C[NH+](Cc1c(F)cccc1Cl)Cn1cc(S(=O)(=O)N2CCCC2)ccc1=O. The molecular weight excluding hydrogens is 393 g/mol. The average molecular weight is 415 g/mol. The molecule has 0 bridgehead atoms. The van der Waals surface area contributed by atoms with Crippen LogP contribution in [-0.2, 0) is 23.2 Å². The lowest BCUT2D eigenvalue weighted by Gasteiger charge is -2.19. The van der Waals surface area contributed by atoms with Gasteiger partial charge in [-0.05, 0) is 31.0 Å². The molecule has 0 amide bonds. The molecule has 0 aliphatic carbocycles. The lowest BCUT2D eigenvalue weighted by molar-refractivity contribution is -0.917. The zero-order valence-electron chi connectivity index (χ0n) is 15.0. The lowest BCUT2D eigenvalue weighted by atomic mass is 10.2. The van der Waals surface area contributed by atoms with E-state index in [2.05, 4.69) is 0 Å². The molecule has 27 heavy (non-hydrogen) atoms. The molecule has 0 radical (unpaired) electrons. The van der Waals surface area contributed by atoms with Gasteiger partial charge in [0, 0.05) is 25.4 Å². The molecule has 1 saturated heterocycles. The second kappa shape index (κ2) is 8.10. The molecule has 2 heterocycles. The van der Waals surface area contributed by atoms with Crippen LogP contribution >= 0.6 is 11.6 Å². The molecule has 1 aliphatic heterocycles. The van der Waals surface area contributed by atoms with Crippen molar-refractivity contribution >= 4 is 21.6 Å². The highest BCUT2D eigenvalue weighted by Crippen LogP contribution is 2.20. The number of hydrogen-bond donors (Lipinski definition) is 1. The van der Waals surface area contributed by atoms with E-state index in [-0.39, 0.29) is 23.7 Å². The molecule has 1 aromatic heterocycles. The molecule has 1 atom stereocenters. The van der Waals surface area contributed by atoms with Gasteiger partial charge in [0.15, 0.2) is 6.67 Å². The van der Waals surface area contributed by atoms with Crippen molar-refractivity contribution in [3.63, 3.8) is 0 Å². The van der Waals surface area contributed by atoms with Crippen LogP contribution in [0.4, 0.5) is 4.39 Å². The first kappa shape index (κ1) is 20.0. The van der Waals surface area contributed by atoms with Crippen LogP contribution in [0.2, 0.25) is 5.02 Å². The maximum absolute atomic E-state index is 14.0. The highest BCUT2D eigenvalue weighted by atomic mass is 35.5. The molecule has 2 aromatic rings. The summed E-state index contributed by atoms with van der Waals surface area (Å²) in [6.45, 7) is 1.45. The largest absolute Gasteiger partial charge is 0.316 e. The van der Waals surface area contributed by atoms with Crippen molar-refractivity contribution in [1.82, 2.24) is 8.87 Å². The van der Waals surface area contributed by atoms with Crippen molar-refractivity contribution in [3.8, 4) is 0 Å². The summed E-state index contributed by atoms with van der Waals surface area (Å²) in [7, 11) is -1.81. The molecule has 1 unspecified atom stereocenters. The number of nitrogens with zero attached hydrogens (tertiary/aromatic N) is 2. The number of quaternary nitrogens is 1. The third-order valence-electron chi connectivity index (χ3n) is 4.64. The maximum Gasteiger partial charge on any atom is 0.254 e. The van der Waals surface area contributed by atoms with E-state index in [1.54, 1.807) is 13.1 Å². The first-order chi connectivity index (χ1) is 12.8. The monoisotopic (exact) mass is 414 g/mol. The topological polar surface area (TPSA) is 63.8 Å². The van der Waals surface area contributed by atoms with Gasteiger partial charge in [-0.2, -0.15) is 4.31 Å². The Morgan fingerprint density at radius 2 is 1.89 bits per heavy atom. The van der Waals surface area contributed by atoms with E-state index < -0.39 is 15.8 Å². The Bertz CT molecular complexity index is 967. The second-order valence-corrected chi connectivity index (χ2v) is 9.12. The van der Waals surface area contributed by atoms with E-state index in [0.717, 1.165) is 17.7 Å². The van der Waals surface area contributed by atoms with Crippen LogP contribution in [0, 0.1) is 5.82 Å². The Labute approximate surface area is 162 Å². The van der Waals surface area contributed by atoms with Crippen LogP contribution in [-0.4, -0.2) is 37.4 Å². The summed E-state index contributed by atoms with van der Waals surface area (Å²) in [5.41, 5.74) is 0.0555. The van der Waals surface area contributed by atoms with Crippen LogP contribution in [0.5, 0.6) is 0 Å². The molecule has 3 rings (SSSR count). The van der Waals surface area contributed by atoms with Crippen molar-refractivity contribution < 1.29 is 17.7 Å². The molecule has 146 valence electrons. The van der Waals surface area contributed by atoms with Crippen molar-refractivity contribution in [2.24, 2.45) is 0 Å². The van der Waals surface area contributed by atoms with Gasteiger partial charge >= 0.3 is 0 Å². The fraction of sp³-hybridized carbons (Fsp3) is 0.389. The van der Waals surface area contributed by atoms with Crippen molar-refractivity contribution in [2.45, 2.75) is 31.0 Å². The molecule has 0 saturated carbocycles. The highest BCUT2D eigenvalue weighted by molar-refractivity contribution is 7.89. The fourth-order valence-corrected chi connectivity index (χ4v) is 4.98. The van der Waals surface area contributed by atoms with Crippen LogP contribution in [0.1, 0.15) is 18.4 Å². The predicted molar refractivity (Wildman–Crippen MR) is 101 cm³/mol. The number of benzene rings is 1. The predicted octanol–water partition coefficient (Wildman–Crippen LogP) is 1.10. The Kier molecular flexibility index (Phi) is 6.00. The molecule has 1 fully saturated rings. The summed E-state index contributed by atoms with van der Waals surface area (Å²) in [4.78, 5) is 13.1. The summed E-state index contributed by atoms with van der Waals surface area (Å²) in [5, 5.41) is 0.326. The van der Waals surface area contributed by atoms with Gasteiger partial charge in [0.1, 0.15) is 12.4 Å². The minimum Gasteiger partial charge on any atom is -0.316 e. The van der Waals surface area contributed by atoms with E-state index in [1.807, 2.05) is 0 Å². The van der Waals surface area contributed by atoms with Gasteiger partial charge in [-0.15, -0.1) is 0 Å². The van der Waals surface area contributed by atoms with Gasteiger partial charge < -0.3 is 4.90 Å². The van der Waals surface area contributed by atoms with Gasteiger partial charge in [-0.3, -0.25) is 9.36 Å². The fourth-order valence-electron chi connectivity index (χ4n) is 3.21. The first-order valence-electron chi connectivity index (χ1n) is 8.74. The number of aromatic nitrogens is 1. The minimum absolute atomic E-state index is 0.0979. The van der Waals surface area contributed by atoms with Crippen molar-refractivity contribution in [2.75, 3.05) is 20.1 Å². The van der Waals surface area contributed by atoms with Gasteiger partial charge in [-0.25, -0.2) is 12.8 Å². The number of hydrogen-bond acceptors (Lipinski definition) is 3. The van der Waals surface area contributed by atoms with Crippen molar-refractivity contribution in [3.05, 3.63) is 63.3 Å². The highest BCUT2D eigenvalue weighted by Gasteiger charge is 2.27. The maximum atomic E-state index is 14.0. The van der Waals surface area contributed by atoms with Gasteiger partial charge in [0.05, 0.1) is 22.5 Å². The van der Waals surface area contributed by atoms with Crippen LogP contribution < -0.4 is 10.5 Å². The summed E-state index contributed by atoms with van der Waals surface area (Å²) in [5.74, 6) is -0.403. The number of sulfonamides is 1. The van der Waals surface area contributed by atoms with E-state index >= 15 is 0 Å². The Hall–Kier alpha value is -1.74. The zero-order chi connectivity index (χ0) is 19.6. The average Bonchev–Trinajstić information content (AvgIpc) is 3.15. The lowest BCUT2D eigenvalue weighted by Crippen LogP contribution is -3.07. The standard InChI is InChI=1S/C18H21ClFN3O3S/c1-21(12-15-16(19)5-4-6-17(15)20)13-22-11-14(7-8-18(22)24)27(25,26)23-9-2-3-10-23/h4-8,11H,2-3,9-10,12-13H2,1H3/p+1. The number of nitrogens with one attached hydrogen (secondary N) is 1. The Morgan fingerprint density at radius 1 is 1.19 bits per heavy atom. The van der Waals surface area contributed by atoms with Crippen LogP contribution in [0.25, 0.3) is 0 Å². The van der Waals surface area contributed by atoms with E-state index in [9.17, 15) is 17.6 Å². The Morgan fingerprint density at radius 3 is 2.56 bits per heavy atom. The van der Waals surface area contributed by atoms with Gasteiger partial charge in [0.25, 0.3) is 5.56 Å². The van der Waals surface area contributed by atoms with Gasteiger partial charge in [0.2, 0.25) is 10.0 Å². The van der Waals surface area contributed by atoms with Crippen molar-refractivity contribution in [1.29, 1.82) is 0 Å². The zero-order valence-corrected chi connectivity index (χ0v) is 16.6. The summed E-state index contributed by atoms with van der Waals surface area (Å²) in [6, 6.07) is 7.09. The summed E-state index contributed by atoms with van der Waals surface area (Å²) >= 11 is 6.06. The molecule has 9 heteroatoms. The van der Waals surface area contributed by atoms with Gasteiger partial charge in [-0.1, -0.05) is 17.7 Å². The molecular formula is C18H22ClFN3O3S+. The molecule has 1 N–H and O–H groups in total. The third-order valence-corrected chi connectivity index (χ3v) is 6.88. The summed E-state index contributed by atoms with van der Waals surface area (Å²) < 4.78 is 42.2.